The first-order chi connectivity index (χ1) is 26.1. The van der Waals surface area contributed by atoms with Crippen molar-refractivity contribution in [3.63, 3.8) is 0 Å². The monoisotopic (exact) mass is 775 g/mol. The first-order valence-corrected chi connectivity index (χ1v) is 19.1. The van der Waals surface area contributed by atoms with E-state index in [0.29, 0.717) is 29.8 Å². The molecule has 1 aromatic carbocycles. The molecule has 2 fully saturated rings. The molecular weight excluding hydrogens is 734 g/mol. The molecule has 0 aliphatic carbocycles. The lowest BCUT2D eigenvalue weighted by Crippen LogP contribution is -2.51. The number of imidazole rings is 2. The van der Waals surface area contributed by atoms with Gasteiger partial charge in [-0.1, -0.05) is 31.5 Å². The molecule has 17 heteroatoms. The van der Waals surface area contributed by atoms with Crippen LogP contribution in [0.15, 0.2) is 48.2 Å². The first-order valence-electron chi connectivity index (χ1n) is 17.8. The zero-order valence-corrected chi connectivity index (χ0v) is 31.9. The van der Waals surface area contributed by atoms with Crippen molar-refractivity contribution in [1.82, 2.24) is 44.9 Å². The van der Waals surface area contributed by atoms with Gasteiger partial charge in [0.15, 0.2) is 0 Å². The number of fused-ring (bicyclic) bond motifs is 1. The minimum atomic E-state index is -0.703. The molecule has 15 nitrogen and oxygen atoms in total. The van der Waals surface area contributed by atoms with E-state index in [1.807, 2.05) is 44.4 Å². The Balaban J connectivity index is 1.07. The highest BCUT2D eigenvalue weighted by Gasteiger charge is 2.38. The van der Waals surface area contributed by atoms with E-state index in [0.717, 1.165) is 64.1 Å². The number of rotatable bonds is 10. The second-order valence-corrected chi connectivity index (χ2v) is 15.0. The van der Waals surface area contributed by atoms with Crippen molar-refractivity contribution in [2.24, 2.45) is 5.92 Å². The fourth-order valence-electron chi connectivity index (χ4n) is 7.35. The quantitative estimate of drug-likeness (QED) is 0.130. The summed E-state index contributed by atoms with van der Waals surface area (Å²) in [5, 5.41) is 8.83. The summed E-state index contributed by atoms with van der Waals surface area (Å²) >= 11 is 8.53. The number of methoxy groups -OCH3 is 2. The third kappa shape index (κ3) is 7.14. The van der Waals surface area contributed by atoms with Crippen LogP contribution in [0.3, 0.4) is 0 Å². The second kappa shape index (κ2) is 15.6. The number of hydrogen-bond acceptors (Lipinski definition) is 9. The number of aromatic nitrogens is 5. The zero-order chi connectivity index (χ0) is 38.1. The largest absolute Gasteiger partial charge is 0.453 e. The van der Waals surface area contributed by atoms with Crippen molar-refractivity contribution in [3.8, 4) is 28.2 Å². The van der Waals surface area contributed by atoms with Crippen LogP contribution in [0.1, 0.15) is 63.3 Å². The van der Waals surface area contributed by atoms with Crippen molar-refractivity contribution in [1.29, 1.82) is 0 Å². The third-order valence-electron chi connectivity index (χ3n) is 10.1. The molecule has 5 aromatic rings. The van der Waals surface area contributed by atoms with Gasteiger partial charge >= 0.3 is 12.2 Å². The molecule has 2 unspecified atom stereocenters. The van der Waals surface area contributed by atoms with Crippen molar-refractivity contribution in [2.75, 3.05) is 33.9 Å². The van der Waals surface area contributed by atoms with E-state index in [9.17, 15) is 19.2 Å². The van der Waals surface area contributed by atoms with Gasteiger partial charge in [0.25, 0.3) is 0 Å². The number of nitrogens with zero attached hydrogens (tertiary/aromatic N) is 5. The highest BCUT2D eigenvalue weighted by Crippen LogP contribution is 2.39. The molecule has 0 spiro atoms. The van der Waals surface area contributed by atoms with E-state index in [-0.39, 0.29) is 36.4 Å². The average Bonchev–Trinajstić information content (AvgIpc) is 4.01. The lowest BCUT2D eigenvalue weighted by atomic mass is 10.0. The molecule has 2 aliphatic heterocycles. The van der Waals surface area contributed by atoms with E-state index in [2.05, 4.69) is 46.3 Å². The summed E-state index contributed by atoms with van der Waals surface area (Å²) < 4.78 is 11.4. The Bertz CT molecular complexity index is 2190. The predicted octanol–water partition coefficient (Wildman–Crippen LogP) is 6.19. The van der Waals surface area contributed by atoms with Gasteiger partial charge in [0.2, 0.25) is 11.8 Å². The normalized spacial score (nSPS) is 17.7. The molecule has 3 atom stereocenters. The fraction of sp³-hybridized carbons (Fsp3) is 0.405. The maximum absolute atomic E-state index is 13.6. The van der Waals surface area contributed by atoms with Crippen LogP contribution < -0.4 is 10.6 Å². The Morgan fingerprint density at radius 2 is 1.61 bits per heavy atom. The minimum Gasteiger partial charge on any atom is -0.453 e. The van der Waals surface area contributed by atoms with Gasteiger partial charge < -0.3 is 44.4 Å². The van der Waals surface area contributed by atoms with Gasteiger partial charge in [0.05, 0.1) is 60.8 Å². The molecule has 0 radical (unpaired) electrons. The van der Waals surface area contributed by atoms with Crippen LogP contribution in [-0.4, -0.2) is 98.2 Å². The number of benzene rings is 1. The zero-order valence-electron chi connectivity index (χ0n) is 30.3. The number of halogens is 1. The van der Waals surface area contributed by atoms with E-state index in [4.69, 9.17) is 21.3 Å². The number of aromatic amines is 2. The Morgan fingerprint density at radius 3 is 2.30 bits per heavy atom. The molecule has 54 heavy (non-hydrogen) atoms. The third-order valence-corrected chi connectivity index (χ3v) is 11.4. The van der Waals surface area contributed by atoms with Gasteiger partial charge in [-0.05, 0) is 49.8 Å². The van der Waals surface area contributed by atoms with Crippen LogP contribution in [0.2, 0.25) is 5.02 Å². The molecule has 0 saturated carbocycles. The van der Waals surface area contributed by atoms with E-state index < -0.39 is 18.2 Å². The Morgan fingerprint density at radius 1 is 0.944 bits per heavy atom. The SMILES string of the molecule is COC(=O)NCC(=O)N1CCCC1c1ncc(-c2ccc(-n3ccc4c(-c5cnc(C6CCCN6C(=O)[C@@H](NC(=O)OC)C(C)C)[nH]5)csc43)c(Cl)c2)[nH]1. The van der Waals surface area contributed by atoms with Crippen LogP contribution in [0.4, 0.5) is 9.59 Å². The molecule has 2 saturated heterocycles. The van der Waals surface area contributed by atoms with Crippen molar-refractivity contribution in [2.45, 2.75) is 57.7 Å². The summed E-state index contributed by atoms with van der Waals surface area (Å²) in [5.74, 6) is 0.915. The smallest absolute Gasteiger partial charge is 0.407 e. The lowest BCUT2D eigenvalue weighted by molar-refractivity contribution is -0.135. The molecule has 2 aliphatic rings. The van der Waals surface area contributed by atoms with Gasteiger partial charge in [0.1, 0.15) is 29.1 Å². The number of thiophene rings is 1. The van der Waals surface area contributed by atoms with Gasteiger partial charge in [-0.25, -0.2) is 19.6 Å². The standard InChI is InChI=1S/C37H42ClN9O6S/c1-20(2)31(44-37(51)53-4)34(49)46-13-6-8-29(46)33-40-17-26(43-33)23-19-54-35-22(23)11-14-47(35)27-10-9-21(15-24(27)38)25-16-39-32(42-25)28-7-5-12-45(28)30(48)18-41-36(50)52-3/h9-11,14-17,19-20,28-29,31H,5-8,12-13,18H2,1-4H3,(H,39,42)(H,40,43)(H,41,50)(H,44,51)/t28?,29?,31-/m0/s1. The number of likely N-dealkylation sites (tertiary alicyclic amines) is 2. The van der Waals surface area contributed by atoms with Crippen LogP contribution in [-0.2, 0) is 19.1 Å². The Hall–Kier alpha value is -5.35. The van der Waals surface area contributed by atoms with Gasteiger partial charge in [-0.2, -0.15) is 0 Å². The van der Waals surface area contributed by atoms with Crippen LogP contribution in [0.5, 0.6) is 0 Å². The van der Waals surface area contributed by atoms with Crippen LogP contribution >= 0.6 is 22.9 Å². The predicted molar refractivity (Wildman–Crippen MR) is 203 cm³/mol. The molecule has 0 bridgehead atoms. The summed E-state index contributed by atoms with van der Waals surface area (Å²) in [5.41, 5.74) is 4.29. The van der Waals surface area contributed by atoms with Crippen LogP contribution in [0.25, 0.3) is 38.4 Å². The summed E-state index contributed by atoms with van der Waals surface area (Å²) in [4.78, 5) is 70.6. The van der Waals surface area contributed by atoms with Crippen molar-refractivity contribution >= 4 is 57.2 Å². The second-order valence-electron chi connectivity index (χ2n) is 13.7. The van der Waals surface area contributed by atoms with E-state index in [1.165, 1.54) is 14.2 Å². The number of carbonyl (C=O) groups is 4. The Kier molecular flexibility index (Phi) is 10.7. The maximum atomic E-state index is 13.6. The number of amides is 4. The van der Waals surface area contributed by atoms with Crippen molar-refractivity contribution < 1.29 is 28.7 Å². The molecule has 4 N–H and O–H groups in total. The topological polar surface area (TPSA) is 180 Å². The number of ether oxygens (including phenoxy) is 2. The van der Waals surface area contributed by atoms with Crippen molar-refractivity contribution in [3.05, 3.63) is 64.9 Å². The van der Waals surface area contributed by atoms with Crippen LogP contribution in [0, 0.1) is 5.92 Å². The molecule has 284 valence electrons. The fourth-order valence-corrected chi connectivity index (χ4v) is 8.68. The molecular formula is C37H42ClN9O6S. The molecule has 6 heterocycles. The number of H-pyrrole nitrogens is 2. The molecule has 7 rings (SSSR count). The first kappa shape index (κ1) is 37.0. The highest BCUT2D eigenvalue weighted by atomic mass is 35.5. The summed E-state index contributed by atoms with van der Waals surface area (Å²) in [6.07, 6.45) is 7.46. The van der Waals surface area contributed by atoms with Gasteiger partial charge in [-0.15, -0.1) is 11.3 Å². The van der Waals surface area contributed by atoms with Gasteiger partial charge in [-0.3, -0.25) is 9.59 Å². The number of hydrogen-bond donors (Lipinski definition) is 4. The minimum absolute atomic E-state index is 0.118. The number of alkyl carbamates (subject to hydrolysis) is 2. The number of carbonyl (C=O) groups excluding carboxylic acids is 4. The summed E-state index contributed by atoms with van der Waals surface area (Å²) in [6.45, 7) is 4.81. The van der Waals surface area contributed by atoms with E-state index in [1.54, 1.807) is 27.3 Å². The average molecular weight is 776 g/mol. The van der Waals surface area contributed by atoms with Gasteiger partial charge in [0, 0.05) is 41.2 Å². The lowest BCUT2D eigenvalue weighted by Gasteiger charge is -2.30. The molecule has 4 aromatic heterocycles. The van der Waals surface area contributed by atoms with E-state index >= 15 is 0 Å². The summed E-state index contributed by atoms with van der Waals surface area (Å²) in [7, 11) is 2.54. The maximum Gasteiger partial charge on any atom is 0.407 e. The number of nitrogens with one attached hydrogen (secondary N) is 4. The molecule has 4 amide bonds. The highest BCUT2D eigenvalue weighted by molar-refractivity contribution is 7.17. The Labute approximate surface area is 320 Å². The summed E-state index contributed by atoms with van der Waals surface area (Å²) in [6, 6.07) is 6.75.